The van der Waals surface area contributed by atoms with Gasteiger partial charge in [0.05, 0.1) is 6.10 Å². The Morgan fingerprint density at radius 1 is 0.824 bits per heavy atom. The highest BCUT2D eigenvalue weighted by atomic mass is 16.3. The molecule has 84 valence electrons. The second-order valence-corrected chi connectivity index (χ2v) is 4.44. The summed E-state index contributed by atoms with van der Waals surface area (Å²) in [5.41, 5.74) is 0.966. The summed E-state index contributed by atoms with van der Waals surface area (Å²) in [5.74, 6) is 0. The number of hydrogen-bond donors (Lipinski definition) is 1. The number of fused-ring (bicyclic) bond motifs is 3. The molecule has 1 nitrogen and oxygen atoms in total. The SMILES string of the molecule is C[C@@H](O)c1ccc2c(ccc3ccccc32)c1. The molecule has 0 saturated heterocycles. The van der Waals surface area contributed by atoms with Gasteiger partial charge in [0.25, 0.3) is 0 Å². The Labute approximate surface area is 100 Å². The summed E-state index contributed by atoms with van der Waals surface area (Å²) in [6.45, 7) is 1.79. The maximum Gasteiger partial charge on any atom is 0.0762 e. The van der Waals surface area contributed by atoms with Crippen LogP contribution < -0.4 is 0 Å². The molecule has 0 heterocycles. The van der Waals surface area contributed by atoms with Crippen molar-refractivity contribution in [3.05, 3.63) is 60.2 Å². The van der Waals surface area contributed by atoms with Crippen LogP contribution in [0.4, 0.5) is 0 Å². The Morgan fingerprint density at radius 3 is 2.35 bits per heavy atom. The van der Waals surface area contributed by atoms with Crippen molar-refractivity contribution in [2.75, 3.05) is 0 Å². The molecule has 3 aromatic rings. The summed E-state index contributed by atoms with van der Waals surface area (Å²) < 4.78 is 0. The van der Waals surface area contributed by atoms with Crippen LogP contribution in [0.3, 0.4) is 0 Å². The van der Waals surface area contributed by atoms with Crippen LogP contribution in [0.5, 0.6) is 0 Å². The van der Waals surface area contributed by atoms with Gasteiger partial charge < -0.3 is 5.11 Å². The van der Waals surface area contributed by atoms with Gasteiger partial charge in [-0.2, -0.15) is 0 Å². The summed E-state index contributed by atoms with van der Waals surface area (Å²) in [5, 5.41) is 14.5. The van der Waals surface area contributed by atoms with Crippen LogP contribution in [0.1, 0.15) is 18.6 Å². The first-order chi connectivity index (χ1) is 8.25. The van der Waals surface area contributed by atoms with Crippen molar-refractivity contribution in [1.29, 1.82) is 0 Å². The molecule has 0 aliphatic carbocycles. The number of hydrogen-bond acceptors (Lipinski definition) is 1. The van der Waals surface area contributed by atoms with E-state index in [0.717, 1.165) is 5.56 Å². The average Bonchev–Trinajstić information content (AvgIpc) is 2.38. The largest absolute Gasteiger partial charge is 0.389 e. The van der Waals surface area contributed by atoms with Gasteiger partial charge in [0.1, 0.15) is 0 Å². The number of aliphatic hydroxyl groups excluding tert-OH is 1. The first-order valence-electron chi connectivity index (χ1n) is 5.85. The van der Waals surface area contributed by atoms with E-state index in [1.165, 1.54) is 21.5 Å². The minimum absolute atomic E-state index is 0.411. The van der Waals surface area contributed by atoms with Gasteiger partial charge >= 0.3 is 0 Å². The Kier molecular flexibility index (Phi) is 2.34. The fraction of sp³-hybridized carbons (Fsp3) is 0.125. The molecular weight excluding hydrogens is 208 g/mol. The molecule has 0 spiro atoms. The van der Waals surface area contributed by atoms with Gasteiger partial charge in [0.15, 0.2) is 0 Å². The summed E-state index contributed by atoms with van der Waals surface area (Å²) in [4.78, 5) is 0. The van der Waals surface area contributed by atoms with Gasteiger partial charge in [0.2, 0.25) is 0 Å². The summed E-state index contributed by atoms with van der Waals surface area (Å²) >= 11 is 0. The highest BCUT2D eigenvalue weighted by Gasteiger charge is 2.04. The van der Waals surface area contributed by atoms with Gasteiger partial charge in [0, 0.05) is 0 Å². The predicted octanol–water partition coefficient (Wildman–Crippen LogP) is 4.05. The number of aliphatic hydroxyl groups is 1. The van der Waals surface area contributed by atoms with Gasteiger partial charge in [-0.15, -0.1) is 0 Å². The van der Waals surface area contributed by atoms with Gasteiger partial charge in [-0.3, -0.25) is 0 Å². The van der Waals surface area contributed by atoms with E-state index in [2.05, 4.69) is 48.5 Å². The third kappa shape index (κ3) is 1.69. The highest BCUT2D eigenvalue weighted by Crippen LogP contribution is 2.27. The molecule has 1 atom stereocenters. The van der Waals surface area contributed by atoms with E-state index >= 15 is 0 Å². The number of rotatable bonds is 1. The summed E-state index contributed by atoms with van der Waals surface area (Å²) in [7, 11) is 0. The van der Waals surface area contributed by atoms with E-state index in [4.69, 9.17) is 0 Å². The Balaban J connectivity index is 2.37. The summed E-state index contributed by atoms with van der Waals surface area (Å²) in [6.07, 6.45) is -0.411. The van der Waals surface area contributed by atoms with Crippen LogP contribution in [0, 0.1) is 0 Å². The zero-order valence-corrected chi connectivity index (χ0v) is 9.72. The quantitative estimate of drug-likeness (QED) is 0.616. The molecule has 0 bridgehead atoms. The van der Waals surface area contributed by atoms with Crippen LogP contribution >= 0.6 is 0 Å². The maximum absolute atomic E-state index is 9.60. The van der Waals surface area contributed by atoms with E-state index in [1.54, 1.807) is 6.92 Å². The monoisotopic (exact) mass is 222 g/mol. The Hall–Kier alpha value is -1.86. The molecular formula is C16H14O. The van der Waals surface area contributed by atoms with Crippen molar-refractivity contribution in [2.45, 2.75) is 13.0 Å². The van der Waals surface area contributed by atoms with Gasteiger partial charge in [-0.05, 0) is 40.1 Å². The smallest absolute Gasteiger partial charge is 0.0762 e. The molecule has 0 saturated carbocycles. The topological polar surface area (TPSA) is 20.2 Å². The zero-order valence-electron chi connectivity index (χ0n) is 9.72. The van der Waals surface area contributed by atoms with Crippen molar-refractivity contribution in [3.8, 4) is 0 Å². The first-order valence-corrected chi connectivity index (χ1v) is 5.85. The standard InChI is InChI=1S/C16H14O/c1-11(17)13-8-9-16-14(10-13)7-6-12-4-2-3-5-15(12)16/h2-11,17H,1H3/t11-/m1/s1. The number of benzene rings is 3. The lowest BCUT2D eigenvalue weighted by atomic mass is 9.99. The van der Waals surface area contributed by atoms with E-state index in [1.807, 2.05) is 6.07 Å². The molecule has 17 heavy (non-hydrogen) atoms. The molecule has 0 amide bonds. The molecule has 0 aliphatic heterocycles. The zero-order chi connectivity index (χ0) is 11.8. The normalized spacial score (nSPS) is 13.1. The third-order valence-corrected chi connectivity index (χ3v) is 3.25. The molecule has 1 heteroatoms. The fourth-order valence-corrected chi connectivity index (χ4v) is 2.29. The average molecular weight is 222 g/mol. The molecule has 0 aliphatic rings. The lowest BCUT2D eigenvalue weighted by Crippen LogP contribution is -1.90. The van der Waals surface area contributed by atoms with Crippen LogP contribution in [0.25, 0.3) is 21.5 Å². The fourth-order valence-electron chi connectivity index (χ4n) is 2.29. The Bertz CT molecular complexity index is 683. The lowest BCUT2D eigenvalue weighted by Gasteiger charge is -2.08. The highest BCUT2D eigenvalue weighted by molar-refractivity contribution is 6.07. The van der Waals surface area contributed by atoms with Gasteiger partial charge in [-0.25, -0.2) is 0 Å². The van der Waals surface area contributed by atoms with Crippen molar-refractivity contribution in [1.82, 2.24) is 0 Å². The second kappa shape index (κ2) is 3.86. The minimum atomic E-state index is -0.411. The van der Waals surface area contributed by atoms with Crippen molar-refractivity contribution in [3.63, 3.8) is 0 Å². The molecule has 0 fully saturated rings. The predicted molar refractivity (Wildman–Crippen MR) is 72.1 cm³/mol. The molecule has 1 N–H and O–H groups in total. The van der Waals surface area contributed by atoms with E-state index in [0.29, 0.717) is 0 Å². The van der Waals surface area contributed by atoms with E-state index in [-0.39, 0.29) is 0 Å². The molecule has 0 unspecified atom stereocenters. The van der Waals surface area contributed by atoms with Crippen LogP contribution in [-0.4, -0.2) is 5.11 Å². The van der Waals surface area contributed by atoms with E-state index < -0.39 is 6.10 Å². The van der Waals surface area contributed by atoms with Crippen molar-refractivity contribution in [2.24, 2.45) is 0 Å². The third-order valence-electron chi connectivity index (χ3n) is 3.25. The minimum Gasteiger partial charge on any atom is -0.389 e. The van der Waals surface area contributed by atoms with Crippen LogP contribution in [0.15, 0.2) is 54.6 Å². The summed E-state index contributed by atoms with van der Waals surface area (Å²) in [6, 6.07) is 18.8. The lowest BCUT2D eigenvalue weighted by molar-refractivity contribution is 0.199. The van der Waals surface area contributed by atoms with Crippen molar-refractivity contribution >= 4 is 21.5 Å². The van der Waals surface area contributed by atoms with E-state index in [9.17, 15) is 5.11 Å². The molecule has 3 rings (SSSR count). The van der Waals surface area contributed by atoms with Crippen LogP contribution in [-0.2, 0) is 0 Å². The molecule has 0 radical (unpaired) electrons. The first kappa shape index (κ1) is 10.3. The van der Waals surface area contributed by atoms with Gasteiger partial charge in [-0.1, -0.05) is 48.5 Å². The molecule has 0 aromatic heterocycles. The second-order valence-electron chi connectivity index (χ2n) is 4.44. The van der Waals surface area contributed by atoms with Crippen molar-refractivity contribution < 1.29 is 5.11 Å². The maximum atomic E-state index is 9.60. The Morgan fingerprint density at radius 2 is 1.53 bits per heavy atom. The molecule has 3 aromatic carbocycles. The van der Waals surface area contributed by atoms with Crippen LogP contribution in [0.2, 0.25) is 0 Å².